The van der Waals surface area contributed by atoms with Gasteiger partial charge in [-0.15, -0.1) is 13.2 Å². The molecule has 8 atom stereocenters. The van der Waals surface area contributed by atoms with Crippen LogP contribution >= 0.6 is 0 Å². The van der Waals surface area contributed by atoms with Crippen LogP contribution in [0.25, 0.3) is 0 Å². The van der Waals surface area contributed by atoms with Gasteiger partial charge >= 0.3 is 5.97 Å². The van der Waals surface area contributed by atoms with Crippen molar-refractivity contribution in [2.45, 2.75) is 75.5 Å². The molecule has 0 radical (unpaired) electrons. The number of allylic oxidation sites excluding steroid dienone is 1. The lowest BCUT2D eigenvalue weighted by molar-refractivity contribution is -0.164. The van der Waals surface area contributed by atoms with Gasteiger partial charge in [0.2, 0.25) is 17.7 Å². The summed E-state index contributed by atoms with van der Waals surface area (Å²) in [4.78, 5) is 62.4. The van der Waals surface area contributed by atoms with Crippen molar-refractivity contribution in [1.29, 1.82) is 0 Å². The van der Waals surface area contributed by atoms with Gasteiger partial charge in [0.15, 0.2) is 0 Å². The minimum Gasteiger partial charge on any atom is -0.455 e. The standard InChI is InChI=1S/C39H56N4O9/c1-6-8-14-31(45)40-28(25-49-5)34(27-12-10-9-11-13-27)51-38(48)32-30-15-16-39(52-30)33(32)36(46)43(29(24-44)26(3)4)35(39)37(47)42(17-7-2)19-18-41-20-22-50-23-21-41/h6-7,9-13,26,28-30,32-35,44H,1-2,8,14-25H2,3-5H3,(H,40,45)/t28-,29-,30+,32-,33-,34-,35+,39-/m0/s1. The molecule has 0 aromatic heterocycles. The second-order valence-corrected chi connectivity index (χ2v) is 14.5. The molecule has 1 aromatic rings. The smallest absolute Gasteiger partial charge is 0.313 e. The molecule has 4 heterocycles. The number of morpholine rings is 1. The molecule has 2 N–H and O–H groups in total. The molecule has 5 rings (SSSR count). The summed E-state index contributed by atoms with van der Waals surface area (Å²) in [6.07, 6.45) is 3.29. The molecular formula is C39H56N4O9. The number of nitrogens with zero attached hydrogens (tertiary/aromatic N) is 3. The molecule has 52 heavy (non-hydrogen) atoms. The van der Waals surface area contributed by atoms with E-state index in [0.717, 1.165) is 13.1 Å². The minimum atomic E-state index is -1.28. The number of aliphatic hydroxyl groups is 1. The quantitative estimate of drug-likeness (QED) is 0.161. The van der Waals surface area contributed by atoms with Crippen LogP contribution < -0.4 is 5.32 Å². The highest BCUT2D eigenvalue weighted by atomic mass is 16.6. The van der Waals surface area contributed by atoms with E-state index < -0.39 is 59.6 Å². The summed E-state index contributed by atoms with van der Waals surface area (Å²) in [5, 5.41) is 13.6. The molecule has 2 bridgehead atoms. The highest BCUT2D eigenvalue weighted by molar-refractivity contribution is 5.98. The van der Waals surface area contributed by atoms with Gasteiger partial charge in [0.05, 0.1) is 56.5 Å². The van der Waals surface area contributed by atoms with E-state index in [4.69, 9.17) is 18.9 Å². The first kappa shape index (κ1) is 39.6. The Morgan fingerprint density at radius 1 is 1.15 bits per heavy atom. The Labute approximate surface area is 307 Å². The molecule has 13 heteroatoms. The van der Waals surface area contributed by atoms with Crippen LogP contribution in [0.5, 0.6) is 0 Å². The minimum absolute atomic E-state index is 0.0596. The van der Waals surface area contributed by atoms with Crippen molar-refractivity contribution in [3.8, 4) is 0 Å². The summed E-state index contributed by atoms with van der Waals surface area (Å²) in [6, 6.07) is 6.64. The van der Waals surface area contributed by atoms with Gasteiger partial charge < -0.3 is 39.2 Å². The fourth-order valence-electron chi connectivity index (χ4n) is 8.45. The van der Waals surface area contributed by atoms with Crippen molar-refractivity contribution in [2.75, 3.05) is 66.3 Å². The van der Waals surface area contributed by atoms with Crippen molar-refractivity contribution in [3.63, 3.8) is 0 Å². The Balaban J connectivity index is 1.47. The van der Waals surface area contributed by atoms with Crippen LogP contribution in [0, 0.1) is 17.8 Å². The first-order valence-electron chi connectivity index (χ1n) is 18.6. The molecule has 1 aromatic carbocycles. The van der Waals surface area contributed by atoms with Crippen LogP contribution in [0.2, 0.25) is 0 Å². The number of aliphatic hydroxyl groups excluding tert-OH is 1. The number of nitrogens with one attached hydrogen (secondary N) is 1. The number of carbonyl (C=O) groups is 4. The molecule has 4 aliphatic heterocycles. The first-order chi connectivity index (χ1) is 25.1. The van der Waals surface area contributed by atoms with Gasteiger partial charge in [-0.1, -0.05) is 56.3 Å². The van der Waals surface area contributed by atoms with Crippen LogP contribution in [0.15, 0.2) is 55.6 Å². The average molecular weight is 725 g/mol. The SMILES string of the molecule is C=CCCC(=O)N[C@@H](COC)[C@@H](OC(=O)[C@@H]1[C@H]2C(=O)N([C@@H](CO)C(C)C)[C@H](C(=O)N(CC=C)CCN3CCOCC3)[C@]23CC[C@H]1O3)c1ccccc1. The summed E-state index contributed by atoms with van der Waals surface area (Å²) in [7, 11) is 1.51. The van der Waals surface area contributed by atoms with Crippen LogP contribution in [-0.2, 0) is 38.1 Å². The number of hydrogen-bond acceptors (Lipinski definition) is 10. The maximum Gasteiger partial charge on any atom is 0.313 e. The number of methoxy groups -OCH3 is 1. The van der Waals surface area contributed by atoms with Crippen LogP contribution in [-0.4, -0.2) is 140 Å². The van der Waals surface area contributed by atoms with Gasteiger partial charge in [0.25, 0.3) is 0 Å². The number of carbonyl (C=O) groups excluding carboxylic acids is 4. The fraction of sp³-hybridized carbons (Fsp3) is 0.641. The summed E-state index contributed by atoms with van der Waals surface area (Å²) in [5.41, 5.74) is -0.635. The normalized spacial score (nSPS) is 27.2. The second-order valence-electron chi connectivity index (χ2n) is 14.5. The van der Waals surface area contributed by atoms with Gasteiger partial charge in [0.1, 0.15) is 17.7 Å². The van der Waals surface area contributed by atoms with E-state index in [1.54, 1.807) is 17.1 Å². The highest BCUT2D eigenvalue weighted by Gasteiger charge is 2.76. The predicted octanol–water partition coefficient (Wildman–Crippen LogP) is 2.11. The number of hydrogen-bond donors (Lipinski definition) is 2. The third kappa shape index (κ3) is 8.13. The van der Waals surface area contributed by atoms with Crippen LogP contribution in [0.3, 0.4) is 0 Å². The topological polar surface area (TPSA) is 147 Å². The Kier molecular flexibility index (Phi) is 13.7. The zero-order chi connectivity index (χ0) is 37.4. The first-order valence-corrected chi connectivity index (χ1v) is 18.6. The lowest BCUT2D eigenvalue weighted by Gasteiger charge is -2.40. The Morgan fingerprint density at radius 3 is 2.52 bits per heavy atom. The van der Waals surface area contributed by atoms with E-state index in [0.29, 0.717) is 51.1 Å². The fourth-order valence-corrected chi connectivity index (χ4v) is 8.45. The molecular weight excluding hydrogens is 668 g/mol. The molecule has 0 unspecified atom stereocenters. The number of fused-ring (bicyclic) bond motifs is 1. The summed E-state index contributed by atoms with van der Waals surface area (Å²) in [5.74, 6) is -3.76. The van der Waals surface area contributed by atoms with Gasteiger partial charge in [-0.25, -0.2) is 0 Å². The molecule has 1 spiro atoms. The van der Waals surface area contributed by atoms with Crippen molar-refractivity contribution in [3.05, 3.63) is 61.2 Å². The summed E-state index contributed by atoms with van der Waals surface area (Å²) >= 11 is 0. The summed E-state index contributed by atoms with van der Waals surface area (Å²) in [6.45, 7) is 15.2. The lowest BCUT2D eigenvalue weighted by Crippen LogP contribution is -2.60. The number of ether oxygens (including phenoxy) is 4. The second kappa shape index (κ2) is 17.9. The number of esters is 1. The number of rotatable bonds is 19. The van der Waals surface area contributed by atoms with E-state index in [1.807, 2.05) is 44.2 Å². The van der Waals surface area contributed by atoms with E-state index in [1.165, 1.54) is 12.0 Å². The lowest BCUT2D eigenvalue weighted by atomic mass is 9.70. The molecule has 4 saturated heterocycles. The molecule has 4 fully saturated rings. The molecule has 3 amide bonds. The number of likely N-dealkylation sites (tertiary alicyclic amines) is 1. The molecule has 13 nitrogen and oxygen atoms in total. The van der Waals surface area contributed by atoms with E-state index in [2.05, 4.69) is 23.4 Å². The van der Waals surface area contributed by atoms with Crippen LogP contribution in [0.1, 0.15) is 51.2 Å². The van der Waals surface area contributed by atoms with Gasteiger partial charge in [-0.2, -0.15) is 0 Å². The predicted molar refractivity (Wildman–Crippen MR) is 193 cm³/mol. The average Bonchev–Trinajstić information content (AvgIpc) is 3.79. The van der Waals surface area contributed by atoms with Crippen molar-refractivity contribution >= 4 is 23.7 Å². The van der Waals surface area contributed by atoms with Crippen molar-refractivity contribution in [1.82, 2.24) is 20.0 Å². The zero-order valence-electron chi connectivity index (χ0n) is 30.8. The van der Waals surface area contributed by atoms with Crippen LogP contribution in [0.4, 0.5) is 0 Å². The maximum absolute atomic E-state index is 14.8. The Hall–Kier alpha value is -3.62. The Bertz CT molecular complexity index is 1420. The third-order valence-corrected chi connectivity index (χ3v) is 11.0. The van der Waals surface area contributed by atoms with E-state index in [-0.39, 0.29) is 43.9 Å². The molecule has 286 valence electrons. The zero-order valence-corrected chi connectivity index (χ0v) is 30.8. The van der Waals surface area contributed by atoms with E-state index in [9.17, 15) is 24.3 Å². The van der Waals surface area contributed by atoms with Gasteiger partial charge in [-0.05, 0) is 30.7 Å². The molecule has 0 aliphatic carbocycles. The molecule has 0 saturated carbocycles. The third-order valence-electron chi connectivity index (χ3n) is 11.0. The van der Waals surface area contributed by atoms with Gasteiger partial charge in [-0.3, -0.25) is 24.1 Å². The Morgan fingerprint density at radius 2 is 1.88 bits per heavy atom. The molecule has 4 aliphatic rings. The van der Waals surface area contributed by atoms with E-state index >= 15 is 0 Å². The monoisotopic (exact) mass is 724 g/mol. The van der Waals surface area contributed by atoms with Crippen molar-refractivity contribution < 1.29 is 43.2 Å². The number of amides is 3. The number of benzene rings is 1. The van der Waals surface area contributed by atoms with Gasteiger partial charge in [0, 0.05) is 46.3 Å². The summed E-state index contributed by atoms with van der Waals surface area (Å²) < 4.78 is 24.0. The maximum atomic E-state index is 14.8. The largest absolute Gasteiger partial charge is 0.455 e. The van der Waals surface area contributed by atoms with Crippen molar-refractivity contribution in [2.24, 2.45) is 17.8 Å². The highest BCUT2D eigenvalue weighted by Crippen LogP contribution is 2.59.